The summed E-state index contributed by atoms with van der Waals surface area (Å²) < 4.78 is 0.482. The molecule has 0 atom stereocenters. The van der Waals surface area contributed by atoms with E-state index in [1.54, 1.807) is 0 Å². The van der Waals surface area contributed by atoms with Crippen LogP contribution in [0, 0.1) is 0 Å². The third-order valence-corrected chi connectivity index (χ3v) is 5.31. The predicted molar refractivity (Wildman–Crippen MR) is 63.5 cm³/mol. The maximum absolute atomic E-state index is 6.09. The Labute approximate surface area is 91.4 Å². The smallest absolute Gasteiger partial charge is 0.0767 e. The minimum absolute atomic E-state index is 0.482. The van der Waals surface area contributed by atoms with Gasteiger partial charge in [0.25, 0.3) is 0 Å². The van der Waals surface area contributed by atoms with E-state index in [1.807, 2.05) is 41.7 Å². The molecule has 0 spiro atoms. The number of halogens is 1. The molecular weight excluding hydrogens is 222 g/mol. The fraction of sp³-hybridized carbons (Fsp3) is 0.333. The van der Waals surface area contributed by atoms with Gasteiger partial charge in [0.2, 0.25) is 0 Å². The van der Waals surface area contributed by atoms with Crippen molar-refractivity contribution >= 4 is 40.8 Å². The van der Waals surface area contributed by atoms with Crippen molar-refractivity contribution in [3.05, 3.63) is 28.8 Å². The van der Waals surface area contributed by atoms with Gasteiger partial charge in [0.05, 0.1) is 4.58 Å². The van der Waals surface area contributed by atoms with E-state index < -0.39 is 0 Å². The van der Waals surface area contributed by atoms with Gasteiger partial charge in [0.15, 0.2) is 0 Å². The van der Waals surface area contributed by atoms with Gasteiger partial charge in [-0.25, -0.2) is 0 Å². The van der Waals surface area contributed by atoms with Crippen molar-refractivity contribution in [2.24, 2.45) is 0 Å². The standard InChI is InChI=1S/C9H10ClNS2/c10-8-2-1-6(11)5-7(8)9-12-3-4-13-9/h1-2,5,9H,3-4,11H2. The fourth-order valence-corrected chi connectivity index (χ4v) is 4.55. The van der Waals surface area contributed by atoms with E-state index in [9.17, 15) is 0 Å². The Balaban J connectivity index is 2.32. The lowest BCUT2D eigenvalue weighted by Crippen LogP contribution is -1.90. The molecule has 0 aliphatic carbocycles. The van der Waals surface area contributed by atoms with E-state index in [4.69, 9.17) is 17.3 Å². The van der Waals surface area contributed by atoms with Crippen molar-refractivity contribution < 1.29 is 0 Å². The van der Waals surface area contributed by atoms with Crippen LogP contribution in [0.1, 0.15) is 10.1 Å². The Morgan fingerprint density at radius 2 is 2.00 bits per heavy atom. The summed E-state index contributed by atoms with van der Waals surface area (Å²) in [7, 11) is 0. The molecule has 1 aromatic carbocycles. The molecule has 13 heavy (non-hydrogen) atoms. The number of anilines is 1. The minimum Gasteiger partial charge on any atom is -0.399 e. The van der Waals surface area contributed by atoms with Crippen LogP contribution in [0.5, 0.6) is 0 Å². The maximum atomic E-state index is 6.09. The van der Waals surface area contributed by atoms with Gasteiger partial charge in [0, 0.05) is 22.2 Å². The lowest BCUT2D eigenvalue weighted by molar-refractivity contribution is 1.39. The highest BCUT2D eigenvalue weighted by Gasteiger charge is 2.20. The summed E-state index contributed by atoms with van der Waals surface area (Å²) in [6.45, 7) is 0. The predicted octanol–water partition coefficient (Wildman–Crippen LogP) is 3.40. The summed E-state index contributed by atoms with van der Waals surface area (Å²) in [6.07, 6.45) is 0. The lowest BCUT2D eigenvalue weighted by atomic mass is 10.2. The number of thioether (sulfide) groups is 2. The number of benzene rings is 1. The second kappa shape index (κ2) is 4.03. The zero-order chi connectivity index (χ0) is 9.26. The molecule has 1 saturated heterocycles. The number of rotatable bonds is 1. The molecule has 0 saturated carbocycles. The van der Waals surface area contributed by atoms with E-state index in [0.717, 1.165) is 10.7 Å². The van der Waals surface area contributed by atoms with Gasteiger partial charge in [-0.15, -0.1) is 23.5 Å². The molecule has 1 nitrogen and oxygen atoms in total. The first-order valence-electron chi connectivity index (χ1n) is 4.05. The van der Waals surface area contributed by atoms with Gasteiger partial charge in [-0.2, -0.15) is 0 Å². The summed E-state index contributed by atoms with van der Waals surface area (Å²) >= 11 is 9.98. The first-order valence-corrected chi connectivity index (χ1v) is 6.53. The number of nitrogen functional groups attached to an aromatic ring is 1. The first kappa shape index (κ1) is 9.56. The third kappa shape index (κ3) is 2.09. The topological polar surface area (TPSA) is 26.0 Å². The monoisotopic (exact) mass is 231 g/mol. The summed E-state index contributed by atoms with van der Waals surface area (Å²) in [4.78, 5) is 0. The molecule has 1 aliphatic heterocycles. The Bertz CT molecular complexity index is 310. The molecule has 1 fully saturated rings. The second-order valence-electron chi connectivity index (χ2n) is 2.85. The Morgan fingerprint density at radius 3 is 2.69 bits per heavy atom. The maximum Gasteiger partial charge on any atom is 0.0767 e. The van der Waals surface area contributed by atoms with Crippen LogP contribution in [-0.4, -0.2) is 11.5 Å². The Kier molecular flexibility index (Phi) is 2.96. The zero-order valence-electron chi connectivity index (χ0n) is 7.00. The highest BCUT2D eigenvalue weighted by atomic mass is 35.5. The molecule has 1 aliphatic rings. The van der Waals surface area contributed by atoms with Crippen molar-refractivity contribution in [3.63, 3.8) is 0 Å². The fourth-order valence-electron chi connectivity index (χ4n) is 1.28. The molecule has 2 N–H and O–H groups in total. The van der Waals surface area contributed by atoms with E-state index in [2.05, 4.69) is 0 Å². The van der Waals surface area contributed by atoms with Gasteiger partial charge in [-0.1, -0.05) is 11.6 Å². The third-order valence-electron chi connectivity index (χ3n) is 1.90. The molecule has 0 unspecified atom stereocenters. The van der Waals surface area contributed by atoms with Crippen molar-refractivity contribution in [3.8, 4) is 0 Å². The largest absolute Gasteiger partial charge is 0.399 e. The molecule has 4 heteroatoms. The Hall–Kier alpha value is 0.01000. The summed E-state index contributed by atoms with van der Waals surface area (Å²) in [5.74, 6) is 2.42. The van der Waals surface area contributed by atoms with Crippen LogP contribution < -0.4 is 5.73 Å². The normalized spacial score (nSPS) is 17.9. The number of nitrogens with two attached hydrogens (primary N) is 1. The molecule has 0 radical (unpaired) electrons. The van der Waals surface area contributed by atoms with Crippen LogP contribution in [0.15, 0.2) is 18.2 Å². The molecular formula is C9H10ClNS2. The average molecular weight is 232 g/mol. The summed E-state index contributed by atoms with van der Waals surface area (Å²) in [5.41, 5.74) is 7.69. The zero-order valence-corrected chi connectivity index (χ0v) is 9.38. The summed E-state index contributed by atoms with van der Waals surface area (Å²) in [5, 5.41) is 0.834. The highest BCUT2D eigenvalue weighted by molar-refractivity contribution is 8.19. The molecule has 70 valence electrons. The first-order chi connectivity index (χ1) is 6.27. The van der Waals surface area contributed by atoms with Crippen molar-refractivity contribution in [2.45, 2.75) is 4.58 Å². The summed E-state index contributed by atoms with van der Waals surface area (Å²) in [6, 6.07) is 5.71. The highest BCUT2D eigenvalue weighted by Crippen LogP contribution is 2.47. The van der Waals surface area contributed by atoms with E-state index in [1.165, 1.54) is 17.1 Å². The van der Waals surface area contributed by atoms with Crippen LogP contribution in [-0.2, 0) is 0 Å². The number of hydrogen-bond donors (Lipinski definition) is 1. The van der Waals surface area contributed by atoms with Crippen molar-refractivity contribution in [2.75, 3.05) is 17.2 Å². The SMILES string of the molecule is Nc1ccc(Cl)c(C2SCCS2)c1. The van der Waals surface area contributed by atoms with Crippen LogP contribution in [0.2, 0.25) is 5.02 Å². The Morgan fingerprint density at radius 1 is 1.31 bits per heavy atom. The minimum atomic E-state index is 0.482. The molecule has 0 bridgehead atoms. The lowest BCUT2D eigenvalue weighted by Gasteiger charge is -2.10. The van der Waals surface area contributed by atoms with E-state index >= 15 is 0 Å². The molecule has 0 amide bonds. The van der Waals surface area contributed by atoms with Crippen LogP contribution in [0.3, 0.4) is 0 Å². The van der Waals surface area contributed by atoms with Gasteiger partial charge in [-0.3, -0.25) is 0 Å². The quantitative estimate of drug-likeness (QED) is 0.751. The molecule has 1 heterocycles. The van der Waals surface area contributed by atoms with Crippen LogP contribution in [0.25, 0.3) is 0 Å². The molecule has 0 aromatic heterocycles. The van der Waals surface area contributed by atoms with Crippen LogP contribution in [0.4, 0.5) is 5.69 Å². The van der Waals surface area contributed by atoms with Crippen molar-refractivity contribution in [1.29, 1.82) is 0 Å². The second-order valence-corrected chi connectivity index (χ2v) is 5.99. The number of hydrogen-bond acceptors (Lipinski definition) is 3. The average Bonchev–Trinajstić information content (AvgIpc) is 2.61. The van der Waals surface area contributed by atoms with Gasteiger partial charge < -0.3 is 5.73 Å². The van der Waals surface area contributed by atoms with E-state index in [0.29, 0.717) is 4.58 Å². The van der Waals surface area contributed by atoms with Gasteiger partial charge in [0.1, 0.15) is 0 Å². The van der Waals surface area contributed by atoms with Gasteiger partial charge >= 0.3 is 0 Å². The van der Waals surface area contributed by atoms with Crippen LogP contribution >= 0.6 is 35.1 Å². The van der Waals surface area contributed by atoms with Crippen molar-refractivity contribution in [1.82, 2.24) is 0 Å². The van der Waals surface area contributed by atoms with Gasteiger partial charge in [-0.05, 0) is 23.8 Å². The molecule has 1 aromatic rings. The van der Waals surface area contributed by atoms with E-state index in [-0.39, 0.29) is 0 Å². The molecule has 2 rings (SSSR count).